The van der Waals surface area contributed by atoms with Crippen LogP contribution in [0.3, 0.4) is 0 Å². The topological polar surface area (TPSA) is 51.2 Å². The van der Waals surface area contributed by atoms with Gasteiger partial charge in [0, 0.05) is 29.7 Å². The molecule has 0 radical (unpaired) electrons. The van der Waals surface area contributed by atoms with Crippen LogP contribution in [0.25, 0.3) is 0 Å². The lowest BCUT2D eigenvalue weighted by molar-refractivity contribution is -0.118. The first-order chi connectivity index (χ1) is 8.29. The molecule has 0 atom stereocenters. The second-order valence-corrected chi connectivity index (χ2v) is 6.82. The number of hydrogen-bond donors (Lipinski definition) is 0. The molecule has 0 bridgehead atoms. The first-order valence-electron chi connectivity index (χ1n) is 5.42. The molecule has 0 saturated heterocycles. The number of carbonyl (C=O) groups is 1. The Labute approximate surface area is 111 Å². The van der Waals surface area contributed by atoms with Crippen LogP contribution in [-0.4, -0.2) is 26.2 Å². The third-order valence-electron chi connectivity index (χ3n) is 2.41. The summed E-state index contributed by atoms with van der Waals surface area (Å²) in [6, 6.07) is 4.23. The van der Waals surface area contributed by atoms with Crippen LogP contribution in [-0.2, 0) is 21.1 Å². The van der Waals surface area contributed by atoms with E-state index in [1.807, 2.05) is 0 Å². The Bertz CT molecular complexity index is 520. The molecule has 0 aromatic heterocycles. The molecule has 1 aromatic carbocycles. The van der Waals surface area contributed by atoms with Gasteiger partial charge >= 0.3 is 0 Å². The van der Waals surface area contributed by atoms with E-state index >= 15 is 0 Å². The normalized spacial score (nSPS) is 11.5. The standard InChI is InChI=1S/C12H14ClFO3S/c1-18(16,17)7-3-4-9(15)8-10-11(13)5-2-6-12(10)14/h2,5-6H,3-4,7-8H2,1H3. The molecule has 6 heteroatoms. The van der Waals surface area contributed by atoms with E-state index in [1.54, 1.807) is 0 Å². The molecular formula is C12H14ClFO3S. The summed E-state index contributed by atoms with van der Waals surface area (Å²) >= 11 is 5.79. The van der Waals surface area contributed by atoms with Gasteiger partial charge in [-0.1, -0.05) is 17.7 Å². The quantitative estimate of drug-likeness (QED) is 0.809. The van der Waals surface area contributed by atoms with E-state index in [0.717, 1.165) is 6.26 Å². The van der Waals surface area contributed by atoms with E-state index in [4.69, 9.17) is 11.6 Å². The molecule has 1 rings (SSSR count). The predicted molar refractivity (Wildman–Crippen MR) is 69.1 cm³/mol. The maximum atomic E-state index is 13.4. The van der Waals surface area contributed by atoms with Gasteiger partial charge < -0.3 is 0 Å². The third kappa shape index (κ3) is 5.14. The number of halogens is 2. The average Bonchev–Trinajstić information content (AvgIpc) is 2.22. The van der Waals surface area contributed by atoms with Gasteiger partial charge in [0.25, 0.3) is 0 Å². The molecule has 0 fully saturated rings. The van der Waals surface area contributed by atoms with Gasteiger partial charge in [0.15, 0.2) is 0 Å². The van der Waals surface area contributed by atoms with Crippen molar-refractivity contribution >= 4 is 27.2 Å². The molecule has 0 unspecified atom stereocenters. The Hall–Kier alpha value is -0.940. The van der Waals surface area contributed by atoms with Crippen LogP contribution >= 0.6 is 11.6 Å². The fraction of sp³-hybridized carbons (Fsp3) is 0.417. The largest absolute Gasteiger partial charge is 0.299 e. The molecule has 0 aliphatic carbocycles. The van der Waals surface area contributed by atoms with Crippen LogP contribution in [0.2, 0.25) is 5.02 Å². The fourth-order valence-electron chi connectivity index (χ4n) is 1.52. The highest BCUT2D eigenvalue weighted by Gasteiger charge is 2.12. The van der Waals surface area contributed by atoms with Gasteiger partial charge in [-0.3, -0.25) is 4.79 Å². The molecule has 100 valence electrons. The smallest absolute Gasteiger partial charge is 0.147 e. The number of ketones is 1. The highest BCUT2D eigenvalue weighted by Crippen LogP contribution is 2.20. The molecule has 0 aliphatic heterocycles. The van der Waals surface area contributed by atoms with Crippen molar-refractivity contribution in [1.82, 2.24) is 0 Å². The molecule has 18 heavy (non-hydrogen) atoms. The van der Waals surface area contributed by atoms with Crippen molar-refractivity contribution < 1.29 is 17.6 Å². The molecule has 1 aromatic rings. The SMILES string of the molecule is CS(=O)(=O)CCCC(=O)Cc1c(F)cccc1Cl. The lowest BCUT2D eigenvalue weighted by Crippen LogP contribution is -2.09. The summed E-state index contributed by atoms with van der Waals surface area (Å²) in [6.07, 6.45) is 1.38. The average molecular weight is 293 g/mol. The summed E-state index contributed by atoms with van der Waals surface area (Å²) in [6.45, 7) is 0. The van der Waals surface area contributed by atoms with Crippen LogP contribution in [0.15, 0.2) is 18.2 Å². The number of Topliss-reactive ketones (excluding diaryl/α,β-unsaturated/α-hetero) is 1. The number of hydrogen-bond acceptors (Lipinski definition) is 3. The second kappa shape index (κ2) is 6.29. The Morgan fingerprint density at radius 2 is 2.06 bits per heavy atom. The Balaban J connectivity index is 2.55. The zero-order chi connectivity index (χ0) is 13.8. The van der Waals surface area contributed by atoms with Gasteiger partial charge in [-0.25, -0.2) is 12.8 Å². The highest BCUT2D eigenvalue weighted by molar-refractivity contribution is 7.90. The number of benzene rings is 1. The highest BCUT2D eigenvalue weighted by atomic mass is 35.5. The number of sulfone groups is 1. The van der Waals surface area contributed by atoms with E-state index in [1.165, 1.54) is 18.2 Å². The summed E-state index contributed by atoms with van der Waals surface area (Å²) in [5.41, 5.74) is 0.170. The molecule has 0 amide bonds. The van der Waals surface area contributed by atoms with Crippen molar-refractivity contribution in [1.29, 1.82) is 0 Å². The van der Waals surface area contributed by atoms with Crippen molar-refractivity contribution in [3.05, 3.63) is 34.6 Å². The molecule has 0 aliphatic rings. The minimum absolute atomic E-state index is 0.0380. The predicted octanol–water partition coefficient (Wildman–Crippen LogP) is 2.42. The molecule has 3 nitrogen and oxygen atoms in total. The Morgan fingerprint density at radius 3 is 2.61 bits per heavy atom. The molecule has 0 N–H and O–H groups in total. The molecule has 0 spiro atoms. The minimum Gasteiger partial charge on any atom is -0.299 e. The van der Waals surface area contributed by atoms with Crippen LogP contribution in [0.4, 0.5) is 4.39 Å². The summed E-state index contributed by atoms with van der Waals surface area (Å²) in [4.78, 5) is 11.6. The number of carbonyl (C=O) groups excluding carboxylic acids is 1. The lowest BCUT2D eigenvalue weighted by Gasteiger charge is -2.05. The van der Waals surface area contributed by atoms with E-state index in [2.05, 4.69) is 0 Å². The minimum atomic E-state index is -3.06. The lowest BCUT2D eigenvalue weighted by atomic mass is 10.1. The van der Waals surface area contributed by atoms with E-state index in [-0.39, 0.29) is 41.4 Å². The summed E-state index contributed by atoms with van der Waals surface area (Å²) in [5.74, 6) is -0.770. The molecule has 0 heterocycles. The van der Waals surface area contributed by atoms with Crippen LogP contribution < -0.4 is 0 Å². The van der Waals surface area contributed by atoms with Crippen LogP contribution in [0, 0.1) is 5.82 Å². The van der Waals surface area contributed by atoms with E-state index in [0.29, 0.717) is 0 Å². The Kier molecular flexibility index (Phi) is 5.28. The number of rotatable bonds is 6. The monoisotopic (exact) mass is 292 g/mol. The first-order valence-corrected chi connectivity index (χ1v) is 7.86. The summed E-state index contributed by atoms with van der Waals surface area (Å²) in [7, 11) is -3.06. The van der Waals surface area contributed by atoms with Gasteiger partial charge in [-0.05, 0) is 18.6 Å². The summed E-state index contributed by atoms with van der Waals surface area (Å²) in [5, 5.41) is 0.214. The van der Waals surface area contributed by atoms with Crippen molar-refractivity contribution in [3.8, 4) is 0 Å². The summed E-state index contributed by atoms with van der Waals surface area (Å²) < 4.78 is 35.2. The maximum absolute atomic E-state index is 13.4. The first kappa shape index (κ1) is 15.1. The van der Waals surface area contributed by atoms with Crippen molar-refractivity contribution in [3.63, 3.8) is 0 Å². The van der Waals surface area contributed by atoms with Crippen molar-refractivity contribution in [2.24, 2.45) is 0 Å². The molecule has 0 saturated carbocycles. The van der Waals surface area contributed by atoms with E-state index in [9.17, 15) is 17.6 Å². The molecular weight excluding hydrogens is 279 g/mol. The second-order valence-electron chi connectivity index (χ2n) is 4.15. The van der Waals surface area contributed by atoms with Gasteiger partial charge in [0.1, 0.15) is 21.4 Å². The zero-order valence-electron chi connectivity index (χ0n) is 9.95. The third-order valence-corrected chi connectivity index (χ3v) is 3.79. The van der Waals surface area contributed by atoms with Gasteiger partial charge in [0.05, 0.1) is 5.75 Å². The fourth-order valence-corrected chi connectivity index (χ4v) is 2.42. The maximum Gasteiger partial charge on any atom is 0.147 e. The Morgan fingerprint density at radius 1 is 1.39 bits per heavy atom. The van der Waals surface area contributed by atoms with Crippen LogP contribution in [0.5, 0.6) is 0 Å². The van der Waals surface area contributed by atoms with Crippen LogP contribution in [0.1, 0.15) is 18.4 Å². The van der Waals surface area contributed by atoms with Crippen molar-refractivity contribution in [2.45, 2.75) is 19.3 Å². The van der Waals surface area contributed by atoms with Gasteiger partial charge in [0.2, 0.25) is 0 Å². The van der Waals surface area contributed by atoms with Gasteiger partial charge in [-0.2, -0.15) is 0 Å². The zero-order valence-corrected chi connectivity index (χ0v) is 11.5. The van der Waals surface area contributed by atoms with E-state index < -0.39 is 15.7 Å². The van der Waals surface area contributed by atoms with Gasteiger partial charge in [-0.15, -0.1) is 0 Å². The van der Waals surface area contributed by atoms with Crippen molar-refractivity contribution in [2.75, 3.05) is 12.0 Å².